The number of nitro benzene ring substituents is 1. The number of ether oxygens (including phenoxy) is 1. The average molecular weight is 444 g/mol. The van der Waals surface area contributed by atoms with Crippen molar-refractivity contribution in [1.82, 2.24) is 10.2 Å². The second-order valence-corrected chi connectivity index (χ2v) is 8.87. The quantitative estimate of drug-likeness (QED) is 0.510. The first-order valence-corrected chi connectivity index (χ1v) is 10.9. The van der Waals surface area contributed by atoms with Gasteiger partial charge in [-0.2, -0.15) is 0 Å². The summed E-state index contributed by atoms with van der Waals surface area (Å²) in [6.07, 6.45) is 4.08. The first-order chi connectivity index (χ1) is 14.9. The molecule has 0 aromatic heterocycles. The summed E-state index contributed by atoms with van der Waals surface area (Å²) in [7, 11) is 0. The van der Waals surface area contributed by atoms with Crippen LogP contribution in [0.5, 0.6) is 5.75 Å². The number of benzene rings is 2. The third kappa shape index (κ3) is 5.17. The van der Waals surface area contributed by atoms with E-state index in [1.807, 2.05) is 12.1 Å². The van der Waals surface area contributed by atoms with E-state index in [1.54, 1.807) is 13.0 Å². The number of hydrogen-bond donors (Lipinski definition) is 1. The molecule has 0 aliphatic carbocycles. The first-order valence-electron chi connectivity index (χ1n) is 10.6. The van der Waals surface area contributed by atoms with Crippen molar-refractivity contribution < 1.29 is 14.5 Å². The van der Waals surface area contributed by atoms with Gasteiger partial charge >= 0.3 is 5.69 Å². The summed E-state index contributed by atoms with van der Waals surface area (Å²) in [6.45, 7) is 2.44. The van der Waals surface area contributed by atoms with Gasteiger partial charge in [0.2, 0.25) is 0 Å². The van der Waals surface area contributed by atoms with E-state index in [9.17, 15) is 14.9 Å². The Morgan fingerprint density at radius 1 is 1.19 bits per heavy atom. The lowest BCUT2D eigenvalue weighted by molar-refractivity contribution is -0.385. The lowest BCUT2D eigenvalue weighted by atomic mass is 9.96. The molecule has 2 heterocycles. The Kier molecular flexibility index (Phi) is 6.43. The Hall–Kier alpha value is -2.64. The van der Waals surface area contributed by atoms with Crippen LogP contribution in [-0.4, -0.2) is 40.5 Å². The molecule has 2 fully saturated rings. The lowest BCUT2D eigenvalue weighted by Gasteiger charge is -2.39. The number of nitro groups is 1. The predicted molar refractivity (Wildman–Crippen MR) is 118 cm³/mol. The van der Waals surface area contributed by atoms with Gasteiger partial charge in [-0.05, 0) is 61.9 Å². The molecule has 4 rings (SSSR count). The number of aryl methyl sites for hydroxylation is 1. The molecule has 3 atom stereocenters. The fourth-order valence-corrected chi connectivity index (χ4v) is 4.88. The first kappa shape index (κ1) is 21.6. The minimum Gasteiger partial charge on any atom is -0.477 e. The number of amides is 1. The van der Waals surface area contributed by atoms with E-state index in [0.29, 0.717) is 12.1 Å². The molecule has 1 N–H and O–H groups in total. The molecule has 0 spiro atoms. The number of carbonyl (C=O) groups excluding carboxylic acids is 1. The molecule has 8 heteroatoms. The third-order valence-electron chi connectivity index (χ3n) is 6.20. The third-order valence-corrected chi connectivity index (χ3v) is 6.45. The number of rotatable bonds is 7. The largest absolute Gasteiger partial charge is 0.477 e. The molecule has 2 saturated heterocycles. The molecule has 31 heavy (non-hydrogen) atoms. The fourth-order valence-electron chi connectivity index (χ4n) is 4.76. The molecule has 0 unspecified atom stereocenters. The summed E-state index contributed by atoms with van der Waals surface area (Å²) in [4.78, 5) is 25.7. The van der Waals surface area contributed by atoms with Gasteiger partial charge in [0.25, 0.3) is 5.91 Å². The van der Waals surface area contributed by atoms with Gasteiger partial charge in [0.1, 0.15) is 0 Å². The topological polar surface area (TPSA) is 84.7 Å². The number of piperidine rings is 1. The van der Waals surface area contributed by atoms with Crippen LogP contribution >= 0.6 is 11.6 Å². The molecule has 2 aliphatic rings. The summed E-state index contributed by atoms with van der Waals surface area (Å²) < 4.78 is 5.46. The Labute approximate surface area is 186 Å². The maximum Gasteiger partial charge on any atom is 0.311 e. The molecule has 7 nitrogen and oxygen atoms in total. The lowest BCUT2D eigenvalue weighted by Crippen LogP contribution is -2.50. The van der Waals surface area contributed by atoms with E-state index in [0.717, 1.165) is 42.8 Å². The number of carbonyl (C=O) groups is 1. The van der Waals surface area contributed by atoms with Gasteiger partial charge in [-0.3, -0.25) is 19.8 Å². The van der Waals surface area contributed by atoms with E-state index in [-0.39, 0.29) is 30.0 Å². The summed E-state index contributed by atoms with van der Waals surface area (Å²) in [5.74, 6) is -0.131. The molecule has 2 aromatic carbocycles. The summed E-state index contributed by atoms with van der Waals surface area (Å²) in [5.41, 5.74) is 1.89. The smallest absolute Gasteiger partial charge is 0.311 e. The molecule has 2 bridgehead atoms. The Morgan fingerprint density at radius 3 is 2.52 bits per heavy atom. The number of nitrogens with one attached hydrogen (secondary N) is 1. The summed E-state index contributed by atoms with van der Waals surface area (Å²) in [6, 6.07) is 13.7. The Balaban J connectivity index is 1.30. The molecule has 2 aromatic rings. The molecule has 0 radical (unpaired) electrons. The number of fused-ring (bicyclic) bond motifs is 2. The van der Waals surface area contributed by atoms with Gasteiger partial charge in [0, 0.05) is 35.8 Å². The van der Waals surface area contributed by atoms with E-state index in [1.165, 1.54) is 17.7 Å². The second kappa shape index (κ2) is 9.24. The second-order valence-electron chi connectivity index (χ2n) is 8.44. The van der Waals surface area contributed by atoms with E-state index in [2.05, 4.69) is 22.3 Å². The summed E-state index contributed by atoms with van der Waals surface area (Å²) >= 11 is 5.99. The van der Waals surface area contributed by atoms with Crippen LogP contribution in [-0.2, 0) is 11.3 Å². The van der Waals surface area contributed by atoms with E-state index in [4.69, 9.17) is 16.3 Å². The van der Waals surface area contributed by atoms with Gasteiger partial charge in [0.05, 0.1) is 4.92 Å². The minimum atomic E-state index is -0.492. The highest BCUT2D eigenvalue weighted by atomic mass is 35.5. The Bertz CT molecular complexity index is 952. The van der Waals surface area contributed by atoms with Crippen molar-refractivity contribution in [3.63, 3.8) is 0 Å². The molecule has 0 saturated carbocycles. The van der Waals surface area contributed by atoms with Crippen molar-refractivity contribution in [2.75, 3.05) is 6.61 Å². The monoisotopic (exact) mass is 443 g/mol. The van der Waals surface area contributed by atoms with E-state index < -0.39 is 4.92 Å². The number of nitrogens with zero attached hydrogens (tertiary/aromatic N) is 2. The van der Waals surface area contributed by atoms with Crippen molar-refractivity contribution in [3.05, 3.63) is 68.7 Å². The van der Waals surface area contributed by atoms with Crippen LogP contribution in [0.15, 0.2) is 42.5 Å². The van der Waals surface area contributed by atoms with Crippen molar-refractivity contribution in [1.29, 1.82) is 0 Å². The molecular weight excluding hydrogens is 418 g/mol. The van der Waals surface area contributed by atoms with Crippen LogP contribution in [0.4, 0.5) is 5.69 Å². The average Bonchev–Trinajstić information content (AvgIpc) is 2.96. The Morgan fingerprint density at radius 2 is 1.87 bits per heavy atom. The highest BCUT2D eigenvalue weighted by molar-refractivity contribution is 6.30. The zero-order valence-corrected chi connectivity index (χ0v) is 18.2. The van der Waals surface area contributed by atoms with Crippen molar-refractivity contribution in [3.8, 4) is 5.75 Å². The minimum absolute atomic E-state index is 0.100. The van der Waals surface area contributed by atoms with Crippen LogP contribution < -0.4 is 10.1 Å². The van der Waals surface area contributed by atoms with Crippen LogP contribution in [0.2, 0.25) is 5.02 Å². The summed E-state index contributed by atoms with van der Waals surface area (Å²) in [5, 5.41) is 15.0. The maximum absolute atomic E-state index is 12.4. The van der Waals surface area contributed by atoms with Crippen LogP contribution in [0.1, 0.15) is 36.8 Å². The normalized spacial score (nSPS) is 22.8. The van der Waals surface area contributed by atoms with Gasteiger partial charge in [-0.1, -0.05) is 29.8 Å². The standard InChI is InChI=1S/C23H26ClN3O4/c1-15-2-9-22(21(10-15)27(29)30)31-14-23(28)25-18-11-19-7-8-20(12-18)26(19)13-16-3-5-17(24)6-4-16/h2-6,9-10,18-20H,7-8,11-14H2,1H3,(H,25,28)/t18-,19+,20-. The highest BCUT2D eigenvalue weighted by Gasteiger charge is 2.40. The SMILES string of the molecule is Cc1ccc(OCC(=O)N[C@H]2C[C@H]3CC[C@@H](C2)N3Cc2ccc(Cl)cc2)c([N+](=O)[O-])c1. The van der Waals surface area contributed by atoms with Crippen molar-refractivity contribution in [2.45, 2.75) is 57.3 Å². The predicted octanol–water partition coefficient (Wildman–Crippen LogP) is 4.25. The van der Waals surface area contributed by atoms with Crippen molar-refractivity contribution in [2.24, 2.45) is 0 Å². The molecule has 2 aliphatic heterocycles. The number of hydrogen-bond acceptors (Lipinski definition) is 5. The highest BCUT2D eigenvalue weighted by Crippen LogP contribution is 2.37. The van der Waals surface area contributed by atoms with E-state index >= 15 is 0 Å². The van der Waals surface area contributed by atoms with Gasteiger partial charge < -0.3 is 10.1 Å². The fraction of sp³-hybridized carbons (Fsp3) is 0.435. The zero-order valence-electron chi connectivity index (χ0n) is 17.4. The zero-order chi connectivity index (χ0) is 22.0. The van der Waals surface area contributed by atoms with Crippen molar-refractivity contribution >= 4 is 23.2 Å². The molecular formula is C23H26ClN3O4. The molecule has 164 valence electrons. The van der Waals surface area contributed by atoms with Crippen LogP contribution in [0.25, 0.3) is 0 Å². The van der Waals surface area contributed by atoms with Gasteiger partial charge in [-0.25, -0.2) is 0 Å². The maximum atomic E-state index is 12.4. The van der Waals surface area contributed by atoms with Crippen LogP contribution in [0.3, 0.4) is 0 Å². The van der Waals surface area contributed by atoms with Gasteiger partial charge in [-0.15, -0.1) is 0 Å². The van der Waals surface area contributed by atoms with Crippen LogP contribution in [0, 0.1) is 17.0 Å². The molecule has 1 amide bonds. The van der Waals surface area contributed by atoms with Gasteiger partial charge in [0.15, 0.2) is 12.4 Å². The number of halogens is 1.